The van der Waals surface area contributed by atoms with Gasteiger partial charge in [0.25, 0.3) is 0 Å². The second kappa shape index (κ2) is 3.39. The fourth-order valence-corrected chi connectivity index (χ4v) is 1.78. The molecule has 1 aliphatic heterocycles. The highest BCUT2D eigenvalue weighted by Crippen LogP contribution is 2.34. The van der Waals surface area contributed by atoms with E-state index in [-0.39, 0.29) is 6.61 Å². The zero-order chi connectivity index (χ0) is 9.31. The van der Waals surface area contributed by atoms with Gasteiger partial charge in [-0.3, -0.25) is 0 Å². The SMILES string of the molecule is FC1(c2ccc(Br)cc2)CCOC1. The molecule has 3 heteroatoms. The number of halogens is 2. The maximum Gasteiger partial charge on any atom is 0.161 e. The summed E-state index contributed by atoms with van der Waals surface area (Å²) >= 11 is 3.32. The molecule has 2 rings (SSSR count). The van der Waals surface area contributed by atoms with Crippen molar-refractivity contribution in [2.75, 3.05) is 13.2 Å². The summed E-state index contributed by atoms with van der Waals surface area (Å²) < 4.78 is 20.1. The normalized spacial score (nSPS) is 27.8. The summed E-state index contributed by atoms with van der Waals surface area (Å²) in [6.07, 6.45) is 0.467. The predicted molar refractivity (Wildman–Crippen MR) is 52.4 cm³/mol. The largest absolute Gasteiger partial charge is 0.378 e. The van der Waals surface area contributed by atoms with E-state index in [1.54, 1.807) is 12.1 Å². The Morgan fingerprint density at radius 3 is 2.54 bits per heavy atom. The first-order valence-electron chi connectivity index (χ1n) is 4.23. The van der Waals surface area contributed by atoms with Crippen LogP contribution in [0.15, 0.2) is 28.7 Å². The Labute approximate surface area is 85.0 Å². The quantitative estimate of drug-likeness (QED) is 0.738. The Morgan fingerprint density at radius 1 is 1.31 bits per heavy atom. The van der Waals surface area contributed by atoms with Crippen LogP contribution in [-0.2, 0) is 10.4 Å². The van der Waals surface area contributed by atoms with Crippen molar-refractivity contribution < 1.29 is 9.13 Å². The lowest BCUT2D eigenvalue weighted by Gasteiger charge is -2.17. The molecular weight excluding hydrogens is 235 g/mol. The van der Waals surface area contributed by atoms with Crippen LogP contribution in [0.3, 0.4) is 0 Å². The molecule has 0 saturated carbocycles. The van der Waals surface area contributed by atoms with Crippen LogP contribution < -0.4 is 0 Å². The molecule has 1 nitrogen and oxygen atoms in total. The Bertz CT molecular complexity index is 290. The molecule has 0 aliphatic carbocycles. The number of ether oxygens (including phenoxy) is 1. The summed E-state index contributed by atoms with van der Waals surface area (Å²) in [5.74, 6) is 0. The minimum atomic E-state index is -1.26. The average Bonchev–Trinajstić information content (AvgIpc) is 2.54. The van der Waals surface area contributed by atoms with Gasteiger partial charge in [-0.15, -0.1) is 0 Å². The highest BCUT2D eigenvalue weighted by molar-refractivity contribution is 9.10. The first-order valence-corrected chi connectivity index (χ1v) is 5.03. The van der Waals surface area contributed by atoms with Crippen LogP contribution >= 0.6 is 15.9 Å². The Balaban J connectivity index is 2.29. The van der Waals surface area contributed by atoms with E-state index in [1.165, 1.54) is 0 Å². The van der Waals surface area contributed by atoms with E-state index in [4.69, 9.17) is 4.74 Å². The molecule has 0 amide bonds. The molecule has 0 radical (unpaired) electrons. The number of benzene rings is 1. The van der Waals surface area contributed by atoms with Gasteiger partial charge < -0.3 is 4.74 Å². The smallest absolute Gasteiger partial charge is 0.161 e. The zero-order valence-electron chi connectivity index (χ0n) is 7.09. The van der Waals surface area contributed by atoms with Crippen LogP contribution in [0.25, 0.3) is 0 Å². The van der Waals surface area contributed by atoms with Gasteiger partial charge >= 0.3 is 0 Å². The molecule has 70 valence electrons. The van der Waals surface area contributed by atoms with Crippen LogP contribution in [-0.4, -0.2) is 13.2 Å². The summed E-state index contributed by atoms with van der Waals surface area (Å²) in [6, 6.07) is 7.32. The molecule has 1 aromatic carbocycles. The molecule has 0 bridgehead atoms. The maximum atomic E-state index is 14.0. The standard InChI is InChI=1S/C10H10BrFO/c11-9-3-1-8(2-4-9)10(12)5-6-13-7-10/h1-4H,5-7H2. The van der Waals surface area contributed by atoms with Crippen molar-refractivity contribution in [2.45, 2.75) is 12.1 Å². The predicted octanol–water partition coefficient (Wildman–Crippen LogP) is 3.03. The van der Waals surface area contributed by atoms with Gasteiger partial charge in [0, 0.05) is 10.9 Å². The third-order valence-corrected chi connectivity index (χ3v) is 2.86. The minimum absolute atomic E-state index is 0.189. The summed E-state index contributed by atoms with van der Waals surface area (Å²) in [4.78, 5) is 0. The lowest BCUT2D eigenvalue weighted by Crippen LogP contribution is -2.19. The molecular formula is C10H10BrFO. The first-order chi connectivity index (χ1) is 6.21. The van der Waals surface area contributed by atoms with Crippen LogP contribution in [0.1, 0.15) is 12.0 Å². The number of hydrogen-bond acceptors (Lipinski definition) is 1. The van der Waals surface area contributed by atoms with E-state index >= 15 is 0 Å². The van der Waals surface area contributed by atoms with E-state index in [9.17, 15) is 4.39 Å². The van der Waals surface area contributed by atoms with Gasteiger partial charge in [-0.1, -0.05) is 28.1 Å². The molecule has 1 aromatic rings. The van der Waals surface area contributed by atoms with E-state index in [1.807, 2.05) is 12.1 Å². The molecule has 1 unspecified atom stereocenters. The summed E-state index contributed by atoms with van der Waals surface area (Å²) in [5.41, 5.74) is -0.547. The molecule has 1 heterocycles. The summed E-state index contributed by atoms with van der Waals surface area (Å²) in [7, 11) is 0. The van der Waals surface area contributed by atoms with Crippen LogP contribution in [0.5, 0.6) is 0 Å². The second-order valence-electron chi connectivity index (χ2n) is 3.27. The monoisotopic (exact) mass is 244 g/mol. The average molecular weight is 245 g/mol. The van der Waals surface area contributed by atoms with Gasteiger partial charge in [0.05, 0.1) is 13.2 Å². The van der Waals surface area contributed by atoms with Crippen molar-refractivity contribution in [3.05, 3.63) is 34.3 Å². The fourth-order valence-electron chi connectivity index (χ4n) is 1.52. The third kappa shape index (κ3) is 1.76. The minimum Gasteiger partial charge on any atom is -0.378 e. The van der Waals surface area contributed by atoms with E-state index in [0.29, 0.717) is 18.6 Å². The van der Waals surface area contributed by atoms with E-state index in [2.05, 4.69) is 15.9 Å². The lowest BCUT2D eigenvalue weighted by molar-refractivity contribution is 0.112. The molecule has 1 atom stereocenters. The molecule has 13 heavy (non-hydrogen) atoms. The van der Waals surface area contributed by atoms with Crippen molar-refractivity contribution in [1.29, 1.82) is 0 Å². The Kier molecular flexibility index (Phi) is 2.39. The van der Waals surface area contributed by atoms with E-state index < -0.39 is 5.67 Å². The third-order valence-electron chi connectivity index (χ3n) is 2.34. The first kappa shape index (κ1) is 9.16. The summed E-state index contributed by atoms with van der Waals surface area (Å²) in [5, 5.41) is 0. The van der Waals surface area contributed by atoms with Crippen LogP contribution in [0.2, 0.25) is 0 Å². The van der Waals surface area contributed by atoms with Gasteiger partial charge in [0.2, 0.25) is 0 Å². The molecule has 1 aliphatic rings. The second-order valence-corrected chi connectivity index (χ2v) is 4.19. The summed E-state index contributed by atoms with van der Waals surface area (Å²) in [6.45, 7) is 0.710. The van der Waals surface area contributed by atoms with Crippen molar-refractivity contribution in [1.82, 2.24) is 0 Å². The number of hydrogen-bond donors (Lipinski definition) is 0. The fraction of sp³-hybridized carbons (Fsp3) is 0.400. The molecule has 0 spiro atoms. The van der Waals surface area contributed by atoms with Gasteiger partial charge in [-0.25, -0.2) is 4.39 Å². The molecule has 0 aromatic heterocycles. The topological polar surface area (TPSA) is 9.23 Å². The van der Waals surface area contributed by atoms with Crippen molar-refractivity contribution >= 4 is 15.9 Å². The van der Waals surface area contributed by atoms with Crippen LogP contribution in [0, 0.1) is 0 Å². The Hall–Kier alpha value is -0.410. The molecule has 1 fully saturated rings. The van der Waals surface area contributed by atoms with Crippen molar-refractivity contribution in [3.8, 4) is 0 Å². The number of rotatable bonds is 1. The van der Waals surface area contributed by atoms with Gasteiger partial charge in [-0.2, -0.15) is 0 Å². The maximum absolute atomic E-state index is 14.0. The van der Waals surface area contributed by atoms with Crippen LogP contribution in [0.4, 0.5) is 4.39 Å². The molecule has 0 N–H and O–H groups in total. The molecule has 1 saturated heterocycles. The number of alkyl halides is 1. The van der Waals surface area contributed by atoms with E-state index in [0.717, 1.165) is 4.47 Å². The highest BCUT2D eigenvalue weighted by atomic mass is 79.9. The highest BCUT2D eigenvalue weighted by Gasteiger charge is 2.36. The lowest BCUT2D eigenvalue weighted by atomic mass is 9.95. The van der Waals surface area contributed by atoms with Crippen molar-refractivity contribution in [3.63, 3.8) is 0 Å². The Morgan fingerprint density at radius 2 is 2.00 bits per heavy atom. The zero-order valence-corrected chi connectivity index (χ0v) is 8.68. The van der Waals surface area contributed by atoms with Gasteiger partial charge in [0.15, 0.2) is 5.67 Å². The van der Waals surface area contributed by atoms with Crippen molar-refractivity contribution in [2.24, 2.45) is 0 Å². The van der Waals surface area contributed by atoms with Gasteiger partial charge in [0.1, 0.15) is 0 Å². The van der Waals surface area contributed by atoms with Gasteiger partial charge in [-0.05, 0) is 17.7 Å².